The van der Waals surface area contributed by atoms with Crippen LogP contribution in [0.15, 0.2) is 72.8 Å². The molecule has 3 rings (SSSR count). The molecule has 0 N–H and O–H groups in total. The van der Waals surface area contributed by atoms with E-state index >= 15 is 0 Å². The largest absolute Gasteiger partial charge is 0.457 e. The zero-order valence-corrected chi connectivity index (χ0v) is 13.9. The van der Waals surface area contributed by atoms with Crippen LogP contribution in [0.1, 0.15) is 15.9 Å². The molecule has 0 heterocycles. The molecule has 3 nitrogen and oxygen atoms in total. The Bertz CT molecular complexity index is 844. The molecule has 0 aromatic heterocycles. The van der Waals surface area contributed by atoms with Crippen LogP contribution in [-0.2, 0) is 11.3 Å². The molecule has 0 saturated carbocycles. The van der Waals surface area contributed by atoms with E-state index in [1.807, 2.05) is 30.3 Å². The molecule has 0 fully saturated rings. The van der Waals surface area contributed by atoms with E-state index in [1.54, 1.807) is 30.3 Å². The summed E-state index contributed by atoms with van der Waals surface area (Å²) < 4.78 is 24.5. The third-order valence-electron chi connectivity index (χ3n) is 3.48. The summed E-state index contributed by atoms with van der Waals surface area (Å²) in [6.45, 7) is -0.230. The van der Waals surface area contributed by atoms with E-state index in [9.17, 15) is 9.18 Å². The van der Waals surface area contributed by atoms with E-state index in [1.165, 1.54) is 12.1 Å². The number of ether oxygens (including phenoxy) is 2. The quantitative estimate of drug-likeness (QED) is 0.556. The molecule has 0 aliphatic rings. The minimum atomic E-state index is -0.564. The summed E-state index contributed by atoms with van der Waals surface area (Å²) in [5, 5.41) is 0.222. The number of para-hydroxylation sites is 1. The Hall–Kier alpha value is -2.85. The van der Waals surface area contributed by atoms with Gasteiger partial charge >= 0.3 is 5.97 Å². The first-order valence-electron chi connectivity index (χ1n) is 7.56. The minimum Gasteiger partial charge on any atom is -0.457 e. The van der Waals surface area contributed by atoms with Crippen LogP contribution >= 0.6 is 11.6 Å². The van der Waals surface area contributed by atoms with Gasteiger partial charge in [0.15, 0.2) is 0 Å². The van der Waals surface area contributed by atoms with Crippen LogP contribution in [-0.4, -0.2) is 5.97 Å². The number of benzene rings is 3. The number of rotatable bonds is 5. The molecule has 25 heavy (non-hydrogen) atoms. The van der Waals surface area contributed by atoms with Gasteiger partial charge in [-0.3, -0.25) is 0 Å². The number of esters is 1. The first kappa shape index (κ1) is 17.0. The van der Waals surface area contributed by atoms with E-state index in [4.69, 9.17) is 21.1 Å². The Morgan fingerprint density at radius 2 is 1.56 bits per heavy atom. The molecular formula is C20H14ClFO3. The van der Waals surface area contributed by atoms with Gasteiger partial charge in [-0.05, 0) is 48.5 Å². The van der Waals surface area contributed by atoms with Gasteiger partial charge in [0.1, 0.15) is 23.9 Å². The Morgan fingerprint density at radius 1 is 0.880 bits per heavy atom. The summed E-state index contributed by atoms with van der Waals surface area (Å²) in [5.74, 6) is 0.226. The van der Waals surface area contributed by atoms with Gasteiger partial charge in [0.05, 0.1) is 10.6 Å². The average molecular weight is 357 g/mol. The van der Waals surface area contributed by atoms with Crippen molar-refractivity contribution in [3.8, 4) is 11.5 Å². The van der Waals surface area contributed by atoms with Gasteiger partial charge in [-0.2, -0.15) is 0 Å². The summed E-state index contributed by atoms with van der Waals surface area (Å²) in [6.07, 6.45) is 0. The van der Waals surface area contributed by atoms with Gasteiger partial charge in [0.2, 0.25) is 0 Å². The molecule has 0 unspecified atom stereocenters. The normalized spacial score (nSPS) is 10.3. The summed E-state index contributed by atoms with van der Waals surface area (Å²) in [7, 11) is 0. The molecular weight excluding hydrogens is 343 g/mol. The molecule has 0 amide bonds. The van der Waals surface area contributed by atoms with Crippen LogP contribution in [0.3, 0.4) is 0 Å². The smallest absolute Gasteiger partial charge is 0.338 e. The van der Waals surface area contributed by atoms with Gasteiger partial charge in [-0.1, -0.05) is 35.9 Å². The first-order valence-corrected chi connectivity index (χ1v) is 7.94. The Balaban J connectivity index is 1.63. The van der Waals surface area contributed by atoms with E-state index in [-0.39, 0.29) is 17.2 Å². The maximum absolute atomic E-state index is 13.7. The van der Waals surface area contributed by atoms with Crippen LogP contribution in [0.2, 0.25) is 5.02 Å². The van der Waals surface area contributed by atoms with Gasteiger partial charge in [-0.15, -0.1) is 0 Å². The zero-order valence-electron chi connectivity index (χ0n) is 13.1. The molecule has 0 spiro atoms. The van der Waals surface area contributed by atoms with Crippen LogP contribution in [0.4, 0.5) is 4.39 Å². The standard InChI is InChI=1S/C20H14ClFO3/c21-18-7-4-8-19(22)17(18)13-24-20(23)14-9-11-16(12-10-14)25-15-5-2-1-3-6-15/h1-12H,13H2. The molecule has 0 atom stereocenters. The minimum absolute atomic E-state index is 0.154. The van der Waals surface area contributed by atoms with Crippen molar-refractivity contribution < 1.29 is 18.7 Å². The van der Waals surface area contributed by atoms with E-state index in [2.05, 4.69) is 0 Å². The highest BCUT2D eigenvalue weighted by molar-refractivity contribution is 6.31. The van der Waals surface area contributed by atoms with Crippen LogP contribution in [0, 0.1) is 5.82 Å². The van der Waals surface area contributed by atoms with Crippen molar-refractivity contribution in [2.24, 2.45) is 0 Å². The van der Waals surface area contributed by atoms with Crippen molar-refractivity contribution in [1.29, 1.82) is 0 Å². The lowest BCUT2D eigenvalue weighted by atomic mass is 10.2. The van der Waals surface area contributed by atoms with Crippen LogP contribution in [0.5, 0.6) is 11.5 Å². The van der Waals surface area contributed by atoms with Crippen molar-refractivity contribution in [2.45, 2.75) is 6.61 Å². The average Bonchev–Trinajstić information content (AvgIpc) is 2.62. The summed E-state index contributed by atoms with van der Waals surface area (Å²) in [5.41, 5.74) is 0.495. The Kier molecular flexibility index (Phi) is 5.31. The van der Waals surface area contributed by atoms with Gasteiger partial charge in [-0.25, -0.2) is 9.18 Å². The van der Waals surface area contributed by atoms with Crippen molar-refractivity contribution in [3.63, 3.8) is 0 Å². The lowest BCUT2D eigenvalue weighted by Crippen LogP contribution is -2.06. The molecule has 0 radical (unpaired) electrons. The fourth-order valence-corrected chi connectivity index (χ4v) is 2.39. The predicted molar refractivity (Wildman–Crippen MR) is 93.5 cm³/mol. The predicted octanol–water partition coefficient (Wildman–Crippen LogP) is 5.63. The molecule has 0 saturated heterocycles. The van der Waals surface area contributed by atoms with Crippen molar-refractivity contribution in [1.82, 2.24) is 0 Å². The second-order valence-electron chi connectivity index (χ2n) is 5.22. The fourth-order valence-electron chi connectivity index (χ4n) is 2.17. The van der Waals surface area contributed by atoms with Gasteiger partial charge < -0.3 is 9.47 Å². The lowest BCUT2D eigenvalue weighted by Gasteiger charge is -2.09. The molecule has 3 aromatic rings. The maximum atomic E-state index is 13.7. The zero-order chi connectivity index (χ0) is 17.6. The molecule has 126 valence electrons. The van der Waals surface area contributed by atoms with Crippen molar-refractivity contribution in [3.05, 3.63) is 94.8 Å². The highest BCUT2D eigenvalue weighted by Crippen LogP contribution is 2.23. The summed E-state index contributed by atoms with van der Waals surface area (Å²) in [4.78, 5) is 12.1. The summed E-state index contributed by atoms with van der Waals surface area (Å²) in [6, 6.07) is 20.1. The number of halogens is 2. The topological polar surface area (TPSA) is 35.5 Å². The van der Waals surface area contributed by atoms with E-state index in [0.717, 1.165) is 0 Å². The molecule has 3 aromatic carbocycles. The number of hydrogen-bond donors (Lipinski definition) is 0. The fraction of sp³-hybridized carbons (Fsp3) is 0.0500. The monoisotopic (exact) mass is 356 g/mol. The highest BCUT2D eigenvalue weighted by atomic mass is 35.5. The second-order valence-corrected chi connectivity index (χ2v) is 5.62. The van der Waals surface area contributed by atoms with Crippen LogP contribution in [0.25, 0.3) is 0 Å². The van der Waals surface area contributed by atoms with Gasteiger partial charge in [0, 0.05) is 5.56 Å². The Labute approximate surface area is 149 Å². The summed E-state index contributed by atoms with van der Waals surface area (Å²) >= 11 is 5.91. The molecule has 0 aliphatic heterocycles. The van der Waals surface area contributed by atoms with E-state index in [0.29, 0.717) is 17.1 Å². The SMILES string of the molecule is O=C(OCc1c(F)cccc1Cl)c1ccc(Oc2ccccc2)cc1. The maximum Gasteiger partial charge on any atom is 0.338 e. The molecule has 0 aliphatic carbocycles. The molecule has 5 heteroatoms. The van der Waals surface area contributed by atoms with Gasteiger partial charge in [0.25, 0.3) is 0 Å². The number of carbonyl (C=O) groups is 1. The van der Waals surface area contributed by atoms with E-state index < -0.39 is 11.8 Å². The number of carbonyl (C=O) groups excluding carboxylic acids is 1. The highest BCUT2D eigenvalue weighted by Gasteiger charge is 2.12. The van der Waals surface area contributed by atoms with Crippen molar-refractivity contribution >= 4 is 17.6 Å². The first-order chi connectivity index (χ1) is 12.1. The van der Waals surface area contributed by atoms with Crippen LogP contribution < -0.4 is 4.74 Å². The third-order valence-corrected chi connectivity index (χ3v) is 3.83. The third kappa shape index (κ3) is 4.37. The lowest BCUT2D eigenvalue weighted by molar-refractivity contribution is 0.0469. The Morgan fingerprint density at radius 3 is 2.24 bits per heavy atom. The second kappa shape index (κ2) is 7.81. The molecule has 0 bridgehead atoms. The van der Waals surface area contributed by atoms with Crippen molar-refractivity contribution in [2.75, 3.05) is 0 Å². The number of hydrogen-bond acceptors (Lipinski definition) is 3.